The molecule has 10 heteroatoms. The number of aryl methyl sites for hydroxylation is 1. The number of H-pyrrole nitrogens is 2. The highest BCUT2D eigenvalue weighted by Crippen LogP contribution is 2.34. The first-order chi connectivity index (χ1) is 19.0. The number of esters is 1. The van der Waals surface area contributed by atoms with Gasteiger partial charge in [0, 0.05) is 18.4 Å². The molecule has 3 heterocycles. The van der Waals surface area contributed by atoms with E-state index in [0.29, 0.717) is 23.1 Å². The molecule has 1 fully saturated rings. The van der Waals surface area contributed by atoms with Crippen LogP contribution in [0, 0.1) is 0 Å². The Hall–Kier alpha value is -3.56. The molecule has 1 aliphatic heterocycles. The number of carbonyl (C=O) groups is 1. The smallest absolute Gasteiger partial charge is 0.323 e. The number of carbonyl (C=O) groups excluding carboxylic acids is 1. The van der Waals surface area contributed by atoms with E-state index in [2.05, 4.69) is 42.4 Å². The summed E-state index contributed by atoms with van der Waals surface area (Å²) in [6.07, 6.45) is 4.81. The molecule has 0 saturated carbocycles. The van der Waals surface area contributed by atoms with E-state index in [1.54, 1.807) is 0 Å². The molecule has 0 amide bonds. The molecule has 2 atom stereocenters. The van der Waals surface area contributed by atoms with Gasteiger partial charge in [-0.1, -0.05) is 67.4 Å². The first kappa shape index (κ1) is 27.0. The number of ether oxygens (including phenoxy) is 1. The van der Waals surface area contributed by atoms with E-state index in [0.717, 1.165) is 73.3 Å². The van der Waals surface area contributed by atoms with Crippen LogP contribution in [0.15, 0.2) is 48.5 Å². The van der Waals surface area contributed by atoms with Crippen molar-refractivity contribution in [2.75, 3.05) is 13.1 Å². The molecule has 0 spiro atoms. The predicted octanol–water partition coefficient (Wildman–Crippen LogP) is 5.56. The highest BCUT2D eigenvalue weighted by atomic mass is 35.5. The number of benzene rings is 2. The number of aromatic amines is 2. The van der Waals surface area contributed by atoms with Crippen molar-refractivity contribution < 1.29 is 9.53 Å². The van der Waals surface area contributed by atoms with Crippen LogP contribution in [0.4, 0.5) is 0 Å². The van der Waals surface area contributed by atoms with Gasteiger partial charge in [-0.05, 0) is 67.2 Å². The predicted molar refractivity (Wildman–Crippen MR) is 150 cm³/mol. The highest BCUT2D eigenvalue weighted by Gasteiger charge is 2.30. The Morgan fingerprint density at radius 3 is 2.64 bits per heavy atom. The molecule has 0 aliphatic carbocycles. The SMILES string of the molecule is CCCCc1nc(Cl)c([C@H](Cc2ccc(-c3ccccc3)c(-c3nn[nH]n3)c2)OC(=O)[C@H](C)N2CCCC2)[nH]1. The molecular weight excluding hydrogens is 514 g/mol. The third-order valence-corrected chi connectivity index (χ3v) is 7.58. The van der Waals surface area contributed by atoms with E-state index in [1.165, 1.54) is 0 Å². The van der Waals surface area contributed by atoms with Crippen LogP contribution >= 0.6 is 11.6 Å². The van der Waals surface area contributed by atoms with Gasteiger partial charge in [0.2, 0.25) is 5.82 Å². The molecule has 2 aromatic carbocycles. The Labute approximate surface area is 233 Å². The maximum absolute atomic E-state index is 13.3. The topological polar surface area (TPSA) is 113 Å². The van der Waals surface area contributed by atoms with E-state index >= 15 is 0 Å². The first-order valence-corrected chi connectivity index (χ1v) is 14.0. The number of nitrogens with one attached hydrogen (secondary N) is 2. The van der Waals surface area contributed by atoms with Crippen LogP contribution in [0.25, 0.3) is 22.5 Å². The standard InChI is InChI=1S/C29H34ClN7O2/c1-3-4-12-25-31-26(27(30)32-25)24(39-29(38)19(2)37-15-8-9-16-37)18-20-13-14-22(21-10-6-5-7-11-21)23(17-20)28-33-35-36-34-28/h5-7,10-11,13-14,17,19,24H,3-4,8-9,12,15-16,18H2,1-2H3,(H,31,32)(H,33,34,35,36)/t19-,24-/m0/s1. The normalized spacial score (nSPS) is 15.4. The summed E-state index contributed by atoms with van der Waals surface area (Å²) in [4.78, 5) is 23.4. The van der Waals surface area contributed by atoms with Crippen LogP contribution in [0.2, 0.25) is 5.15 Å². The fourth-order valence-corrected chi connectivity index (χ4v) is 5.34. The van der Waals surface area contributed by atoms with Gasteiger partial charge in [-0.3, -0.25) is 9.69 Å². The van der Waals surface area contributed by atoms with Crippen molar-refractivity contribution in [3.05, 3.63) is 70.8 Å². The Balaban J connectivity index is 1.47. The molecule has 9 nitrogen and oxygen atoms in total. The summed E-state index contributed by atoms with van der Waals surface area (Å²) in [6.45, 7) is 5.86. The number of hydrogen-bond acceptors (Lipinski definition) is 7. The fourth-order valence-electron chi connectivity index (χ4n) is 5.07. The van der Waals surface area contributed by atoms with Crippen molar-refractivity contribution in [3.8, 4) is 22.5 Å². The molecule has 0 radical (unpaired) electrons. The minimum absolute atomic E-state index is 0.262. The number of rotatable bonds is 11. The number of nitrogens with zero attached hydrogens (tertiary/aromatic N) is 5. The largest absolute Gasteiger partial charge is 0.454 e. The average molecular weight is 548 g/mol. The lowest BCUT2D eigenvalue weighted by Crippen LogP contribution is -2.38. The Morgan fingerprint density at radius 2 is 1.92 bits per heavy atom. The molecular formula is C29H34ClN7O2. The lowest BCUT2D eigenvalue weighted by molar-refractivity contribution is -0.155. The summed E-state index contributed by atoms with van der Waals surface area (Å²) in [5, 5.41) is 15.1. The van der Waals surface area contributed by atoms with E-state index < -0.39 is 6.10 Å². The molecule has 2 N–H and O–H groups in total. The van der Waals surface area contributed by atoms with Crippen LogP contribution in [0.3, 0.4) is 0 Å². The van der Waals surface area contributed by atoms with Gasteiger partial charge in [0.05, 0.1) is 5.69 Å². The van der Waals surface area contributed by atoms with Crippen LogP contribution in [0.1, 0.15) is 62.7 Å². The van der Waals surface area contributed by atoms with E-state index in [9.17, 15) is 4.79 Å². The molecule has 2 aromatic heterocycles. The number of imidazole rings is 1. The maximum Gasteiger partial charge on any atom is 0.323 e. The molecule has 204 valence electrons. The van der Waals surface area contributed by atoms with Gasteiger partial charge in [0.25, 0.3) is 0 Å². The second kappa shape index (κ2) is 12.5. The number of unbranched alkanes of at least 4 members (excludes halogenated alkanes) is 1. The van der Waals surface area contributed by atoms with Crippen LogP contribution in [-0.2, 0) is 22.4 Å². The number of tetrazole rings is 1. The van der Waals surface area contributed by atoms with Crippen molar-refractivity contribution >= 4 is 17.6 Å². The minimum Gasteiger partial charge on any atom is -0.454 e. The Kier molecular flexibility index (Phi) is 8.68. The van der Waals surface area contributed by atoms with Gasteiger partial charge in [0.15, 0.2) is 5.15 Å². The van der Waals surface area contributed by atoms with Gasteiger partial charge in [0.1, 0.15) is 18.0 Å². The zero-order chi connectivity index (χ0) is 27.2. The van der Waals surface area contributed by atoms with E-state index in [-0.39, 0.29) is 12.0 Å². The number of hydrogen-bond donors (Lipinski definition) is 2. The third kappa shape index (κ3) is 6.37. The summed E-state index contributed by atoms with van der Waals surface area (Å²) < 4.78 is 6.17. The molecule has 1 saturated heterocycles. The lowest BCUT2D eigenvalue weighted by atomic mass is 9.95. The quantitative estimate of drug-likeness (QED) is 0.236. The van der Waals surface area contributed by atoms with Crippen LogP contribution < -0.4 is 0 Å². The zero-order valence-corrected chi connectivity index (χ0v) is 23.1. The first-order valence-electron chi connectivity index (χ1n) is 13.6. The summed E-state index contributed by atoms with van der Waals surface area (Å²) in [7, 11) is 0. The lowest BCUT2D eigenvalue weighted by Gasteiger charge is -2.25. The van der Waals surface area contributed by atoms with Crippen molar-refractivity contribution in [3.63, 3.8) is 0 Å². The van der Waals surface area contributed by atoms with E-state index in [4.69, 9.17) is 16.3 Å². The monoisotopic (exact) mass is 547 g/mol. The molecule has 4 aromatic rings. The molecule has 5 rings (SSSR count). The molecule has 0 bridgehead atoms. The minimum atomic E-state index is -0.626. The molecule has 0 unspecified atom stereocenters. The number of aromatic nitrogens is 6. The summed E-state index contributed by atoms with van der Waals surface area (Å²) in [6, 6.07) is 15.9. The molecule has 39 heavy (non-hydrogen) atoms. The Bertz CT molecular complexity index is 1370. The zero-order valence-electron chi connectivity index (χ0n) is 22.4. The highest BCUT2D eigenvalue weighted by molar-refractivity contribution is 6.30. The van der Waals surface area contributed by atoms with Crippen molar-refractivity contribution in [2.45, 2.75) is 64.5 Å². The van der Waals surface area contributed by atoms with Crippen molar-refractivity contribution in [1.29, 1.82) is 0 Å². The van der Waals surface area contributed by atoms with Gasteiger partial charge in [-0.15, -0.1) is 10.2 Å². The number of halogens is 1. The summed E-state index contributed by atoms with van der Waals surface area (Å²) >= 11 is 6.62. The van der Waals surface area contributed by atoms with E-state index in [1.807, 2.05) is 55.5 Å². The van der Waals surface area contributed by atoms with Gasteiger partial charge >= 0.3 is 5.97 Å². The van der Waals surface area contributed by atoms with Gasteiger partial charge < -0.3 is 9.72 Å². The average Bonchev–Trinajstić information content (AvgIpc) is 3.74. The summed E-state index contributed by atoms with van der Waals surface area (Å²) in [5.74, 6) is 1.03. The van der Waals surface area contributed by atoms with Crippen molar-refractivity contribution in [1.82, 2.24) is 35.5 Å². The van der Waals surface area contributed by atoms with Crippen molar-refractivity contribution in [2.24, 2.45) is 0 Å². The van der Waals surface area contributed by atoms with Gasteiger partial charge in [-0.2, -0.15) is 5.21 Å². The van der Waals surface area contributed by atoms with Crippen LogP contribution in [-0.4, -0.2) is 60.6 Å². The van der Waals surface area contributed by atoms with Crippen LogP contribution in [0.5, 0.6) is 0 Å². The van der Waals surface area contributed by atoms with Gasteiger partial charge in [-0.25, -0.2) is 4.98 Å². The maximum atomic E-state index is 13.3. The summed E-state index contributed by atoms with van der Waals surface area (Å²) in [5.41, 5.74) is 4.43. The second-order valence-electron chi connectivity index (χ2n) is 10.0. The third-order valence-electron chi connectivity index (χ3n) is 7.29. The second-order valence-corrected chi connectivity index (χ2v) is 10.4. The fraction of sp³-hybridized carbons (Fsp3) is 0.414. The molecule has 1 aliphatic rings. The number of likely N-dealkylation sites (tertiary alicyclic amines) is 1. The Morgan fingerprint density at radius 1 is 1.13 bits per heavy atom.